The molecule has 1 aromatic carbocycles. The Morgan fingerprint density at radius 1 is 1.38 bits per heavy atom. The molecular weight excluding hydrogens is 162 g/mol. The molecule has 1 atom stereocenters. The number of benzene rings is 1. The summed E-state index contributed by atoms with van der Waals surface area (Å²) in [6, 6.07) is 7.67. The molecule has 0 amide bonds. The highest BCUT2D eigenvalue weighted by molar-refractivity contribution is 5.36. The average Bonchev–Trinajstić information content (AvgIpc) is 2.15. The molecule has 0 aliphatic carbocycles. The molecule has 0 aromatic heterocycles. The maximum absolute atomic E-state index is 8.92. The Morgan fingerprint density at radius 3 is 2.46 bits per heavy atom. The largest absolute Gasteiger partial charge is 0.381 e. The fourth-order valence-corrected chi connectivity index (χ4v) is 0.912. The molecule has 1 rings (SSSR count). The van der Waals surface area contributed by atoms with E-state index in [1.807, 2.05) is 24.3 Å². The number of rotatable bonds is 1. The monoisotopic (exact) mass is 175 g/mol. The molecule has 0 heterocycles. The second-order valence-electron chi connectivity index (χ2n) is 2.85. The van der Waals surface area contributed by atoms with Gasteiger partial charge < -0.3 is 10.8 Å². The molecule has 0 aliphatic heterocycles. The van der Waals surface area contributed by atoms with Gasteiger partial charge in [-0.1, -0.05) is 24.0 Å². The minimum atomic E-state index is -0.575. The minimum absolute atomic E-state index is 0.546. The van der Waals surface area contributed by atoms with E-state index in [1.165, 1.54) is 0 Å². The smallest absolute Gasteiger partial charge is 0.112 e. The molecule has 0 bridgehead atoms. The van der Waals surface area contributed by atoms with Crippen LogP contribution in [0.4, 0.5) is 0 Å². The molecule has 0 fully saturated rings. The van der Waals surface area contributed by atoms with Gasteiger partial charge in [0, 0.05) is 12.1 Å². The van der Waals surface area contributed by atoms with E-state index in [-0.39, 0.29) is 0 Å². The molecule has 13 heavy (non-hydrogen) atoms. The van der Waals surface area contributed by atoms with Crippen LogP contribution in [0.2, 0.25) is 0 Å². The number of nitrogens with two attached hydrogens (primary N) is 1. The standard InChI is InChI=1S/C11H13NO/c1-9(13)2-3-10-4-6-11(8-12)7-5-10/h4-7,9,13H,8,12H2,1H3. The first-order valence-corrected chi connectivity index (χ1v) is 4.21. The Kier molecular flexibility index (Phi) is 3.51. The molecule has 0 saturated heterocycles. The van der Waals surface area contributed by atoms with Crippen molar-refractivity contribution in [2.24, 2.45) is 5.73 Å². The lowest BCUT2D eigenvalue weighted by Gasteiger charge is -1.95. The van der Waals surface area contributed by atoms with Gasteiger partial charge in [0.25, 0.3) is 0 Å². The van der Waals surface area contributed by atoms with Crippen LogP contribution in [0, 0.1) is 11.8 Å². The molecule has 3 N–H and O–H groups in total. The quantitative estimate of drug-likeness (QED) is 0.622. The van der Waals surface area contributed by atoms with E-state index in [1.54, 1.807) is 6.92 Å². The summed E-state index contributed by atoms with van der Waals surface area (Å²) in [5.41, 5.74) is 7.43. The molecule has 1 unspecified atom stereocenters. The van der Waals surface area contributed by atoms with Crippen LogP contribution in [0.1, 0.15) is 18.1 Å². The predicted octanol–water partition coefficient (Wildman–Crippen LogP) is 0.878. The predicted molar refractivity (Wildman–Crippen MR) is 52.9 cm³/mol. The zero-order chi connectivity index (χ0) is 9.68. The van der Waals surface area contributed by atoms with Crippen LogP contribution in [-0.4, -0.2) is 11.2 Å². The van der Waals surface area contributed by atoms with E-state index < -0.39 is 6.10 Å². The summed E-state index contributed by atoms with van der Waals surface area (Å²) in [6.07, 6.45) is -0.575. The van der Waals surface area contributed by atoms with Gasteiger partial charge in [-0.05, 0) is 24.6 Å². The third kappa shape index (κ3) is 3.29. The van der Waals surface area contributed by atoms with Crippen molar-refractivity contribution in [3.05, 3.63) is 35.4 Å². The van der Waals surface area contributed by atoms with Gasteiger partial charge in [0.1, 0.15) is 6.10 Å². The summed E-state index contributed by atoms with van der Waals surface area (Å²) in [5.74, 6) is 5.53. The first-order valence-electron chi connectivity index (χ1n) is 4.21. The van der Waals surface area contributed by atoms with Gasteiger partial charge in [-0.3, -0.25) is 0 Å². The van der Waals surface area contributed by atoms with Crippen LogP contribution < -0.4 is 5.73 Å². The van der Waals surface area contributed by atoms with Gasteiger partial charge in [-0.25, -0.2) is 0 Å². The van der Waals surface area contributed by atoms with Crippen LogP contribution in [0.3, 0.4) is 0 Å². The zero-order valence-corrected chi connectivity index (χ0v) is 7.62. The average molecular weight is 175 g/mol. The van der Waals surface area contributed by atoms with Crippen molar-refractivity contribution in [1.29, 1.82) is 0 Å². The summed E-state index contributed by atoms with van der Waals surface area (Å²) < 4.78 is 0. The summed E-state index contributed by atoms with van der Waals surface area (Å²) in [5, 5.41) is 8.92. The lowest BCUT2D eigenvalue weighted by atomic mass is 10.1. The maximum Gasteiger partial charge on any atom is 0.112 e. The van der Waals surface area contributed by atoms with Gasteiger partial charge in [-0.2, -0.15) is 0 Å². The third-order valence-electron chi connectivity index (χ3n) is 1.62. The van der Waals surface area contributed by atoms with Gasteiger partial charge in [0.15, 0.2) is 0 Å². The number of aliphatic hydroxyl groups excluding tert-OH is 1. The zero-order valence-electron chi connectivity index (χ0n) is 7.62. The minimum Gasteiger partial charge on any atom is -0.381 e. The summed E-state index contributed by atoms with van der Waals surface area (Å²) in [7, 11) is 0. The lowest BCUT2D eigenvalue weighted by Crippen LogP contribution is -1.95. The molecule has 2 nitrogen and oxygen atoms in total. The second kappa shape index (κ2) is 4.66. The van der Waals surface area contributed by atoms with Crippen molar-refractivity contribution in [2.75, 3.05) is 0 Å². The van der Waals surface area contributed by atoms with Gasteiger partial charge in [-0.15, -0.1) is 0 Å². The summed E-state index contributed by atoms with van der Waals surface area (Å²) in [4.78, 5) is 0. The van der Waals surface area contributed by atoms with Gasteiger partial charge in [0.2, 0.25) is 0 Å². The first kappa shape index (κ1) is 9.79. The van der Waals surface area contributed by atoms with Crippen molar-refractivity contribution in [2.45, 2.75) is 19.6 Å². The molecular formula is C11H13NO. The van der Waals surface area contributed by atoms with Crippen molar-refractivity contribution in [3.63, 3.8) is 0 Å². The molecule has 2 heteroatoms. The van der Waals surface area contributed by atoms with E-state index in [2.05, 4.69) is 11.8 Å². The lowest BCUT2D eigenvalue weighted by molar-refractivity contribution is 0.253. The molecule has 1 aromatic rings. The normalized spacial score (nSPS) is 11.6. The number of aliphatic hydroxyl groups is 1. The Bertz CT molecular complexity index is 316. The van der Waals surface area contributed by atoms with Crippen molar-refractivity contribution < 1.29 is 5.11 Å². The van der Waals surface area contributed by atoms with E-state index in [0.29, 0.717) is 6.54 Å². The summed E-state index contributed by atoms with van der Waals surface area (Å²) >= 11 is 0. The highest BCUT2D eigenvalue weighted by Crippen LogP contribution is 2.01. The first-order chi connectivity index (χ1) is 6.22. The highest BCUT2D eigenvalue weighted by atomic mass is 16.3. The van der Waals surface area contributed by atoms with Crippen molar-refractivity contribution in [3.8, 4) is 11.8 Å². The van der Waals surface area contributed by atoms with Crippen LogP contribution in [-0.2, 0) is 6.54 Å². The van der Waals surface area contributed by atoms with Crippen molar-refractivity contribution >= 4 is 0 Å². The SMILES string of the molecule is CC(O)C#Cc1ccc(CN)cc1. The Labute approximate surface area is 78.4 Å². The molecule has 0 spiro atoms. The number of hydrogen-bond acceptors (Lipinski definition) is 2. The maximum atomic E-state index is 8.92. The summed E-state index contributed by atoms with van der Waals surface area (Å²) in [6.45, 7) is 2.19. The fraction of sp³-hybridized carbons (Fsp3) is 0.273. The molecule has 68 valence electrons. The van der Waals surface area contributed by atoms with Crippen LogP contribution in [0.15, 0.2) is 24.3 Å². The van der Waals surface area contributed by atoms with Crippen LogP contribution in [0.5, 0.6) is 0 Å². The van der Waals surface area contributed by atoms with E-state index in [4.69, 9.17) is 10.8 Å². The molecule has 0 aliphatic rings. The number of hydrogen-bond donors (Lipinski definition) is 2. The van der Waals surface area contributed by atoms with Gasteiger partial charge >= 0.3 is 0 Å². The molecule has 0 saturated carbocycles. The highest BCUT2D eigenvalue weighted by Gasteiger charge is 1.89. The third-order valence-corrected chi connectivity index (χ3v) is 1.62. The van der Waals surface area contributed by atoms with Crippen molar-refractivity contribution in [1.82, 2.24) is 0 Å². The topological polar surface area (TPSA) is 46.2 Å². The van der Waals surface area contributed by atoms with E-state index in [0.717, 1.165) is 11.1 Å². The Balaban J connectivity index is 2.77. The fourth-order valence-electron chi connectivity index (χ4n) is 0.912. The van der Waals surface area contributed by atoms with E-state index in [9.17, 15) is 0 Å². The molecule has 0 radical (unpaired) electrons. The van der Waals surface area contributed by atoms with E-state index >= 15 is 0 Å². The Morgan fingerprint density at radius 2 is 2.00 bits per heavy atom. The second-order valence-corrected chi connectivity index (χ2v) is 2.85. The van der Waals surface area contributed by atoms with Gasteiger partial charge in [0.05, 0.1) is 0 Å². The Hall–Kier alpha value is -1.30. The van der Waals surface area contributed by atoms with Crippen LogP contribution >= 0.6 is 0 Å². The van der Waals surface area contributed by atoms with Crippen LogP contribution in [0.25, 0.3) is 0 Å².